The van der Waals surface area contributed by atoms with Crippen LogP contribution in [0.4, 0.5) is 0 Å². The molecule has 21 heavy (non-hydrogen) atoms. The van der Waals surface area contributed by atoms with Crippen LogP contribution in [-0.2, 0) is 4.79 Å². The third-order valence-electron chi connectivity index (χ3n) is 4.50. The van der Waals surface area contributed by atoms with Gasteiger partial charge in [-0.05, 0) is 30.7 Å². The molecular formula is C18H26BrNO. The zero-order valence-electron chi connectivity index (χ0n) is 13.1. The van der Waals surface area contributed by atoms with Crippen LogP contribution in [0, 0.1) is 11.3 Å². The van der Waals surface area contributed by atoms with Crippen LogP contribution < -0.4 is 5.32 Å². The predicted octanol–water partition coefficient (Wildman–Crippen LogP) is 4.85. The van der Waals surface area contributed by atoms with Gasteiger partial charge in [0.05, 0.1) is 6.04 Å². The Bertz CT molecular complexity index is 452. The van der Waals surface area contributed by atoms with Gasteiger partial charge in [-0.2, -0.15) is 0 Å². The van der Waals surface area contributed by atoms with E-state index in [4.69, 9.17) is 0 Å². The average molecular weight is 352 g/mol. The fraction of sp³-hybridized carbons (Fsp3) is 0.611. The highest BCUT2D eigenvalue weighted by Gasteiger charge is 2.41. The van der Waals surface area contributed by atoms with E-state index in [-0.39, 0.29) is 17.4 Å². The Kier molecular flexibility index (Phi) is 5.86. The molecule has 2 nitrogen and oxygen atoms in total. The van der Waals surface area contributed by atoms with E-state index >= 15 is 0 Å². The predicted molar refractivity (Wildman–Crippen MR) is 91.5 cm³/mol. The number of carbonyl (C=O) groups excluding carboxylic acids is 1. The fourth-order valence-electron chi connectivity index (χ4n) is 3.56. The Hall–Kier alpha value is -0.830. The smallest absolute Gasteiger partial charge is 0.226 e. The van der Waals surface area contributed by atoms with Crippen LogP contribution in [0.25, 0.3) is 0 Å². The van der Waals surface area contributed by atoms with E-state index in [9.17, 15) is 4.79 Å². The van der Waals surface area contributed by atoms with Crippen LogP contribution in [0.15, 0.2) is 30.3 Å². The molecule has 116 valence electrons. The van der Waals surface area contributed by atoms with Gasteiger partial charge in [0.15, 0.2) is 0 Å². The minimum atomic E-state index is -0.136. The van der Waals surface area contributed by atoms with Gasteiger partial charge in [-0.1, -0.05) is 73.0 Å². The highest BCUT2D eigenvalue weighted by molar-refractivity contribution is 9.09. The topological polar surface area (TPSA) is 29.1 Å². The number of amides is 1. The maximum Gasteiger partial charge on any atom is 0.226 e. The van der Waals surface area contributed by atoms with Crippen LogP contribution in [0.3, 0.4) is 0 Å². The van der Waals surface area contributed by atoms with Crippen molar-refractivity contribution in [3.8, 4) is 0 Å². The molecule has 1 saturated carbocycles. The minimum absolute atomic E-state index is 0.0586. The second-order valence-electron chi connectivity index (χ2n) is 6.68. The largest absolute Gasteiger partial charge is 0.348 e. The summed E-state index contributed by atoms with van der Waals surface area (Å²) in [6.07, 6.45) is 5.46. The molecule has 1 aliphatic carbocycles. The van der Waals surface area contributed by atoms with Gasteiger partial charge in [-0.3, -0.25) is 4.79 Å². The second kappa shape index (κ2) is 7.44. The summed E-state index contributed by atoms with van der Waals surface area (Å²) in [5, 5.41) is 4.04. The summed E-state index contributed by atoms with van der Waals surface area (Å²) in [5.74, 6) is 0.815. The van der Waals surface area contributed by atoms with Crippen molar-refractivity contribution in [1.82, 2.24) is 5.32 Å². The van der Waals surface area contributed by atoms with Crippen molar-refractivity contribution in [3.05, 3.63) is 35.9 Å². The van der Waals surface area contributed by atoms with Gasteiger partial charge in [0.1, 0.15) is 0 Å². The Balaban J connectivity index is 2.10. The Morgan fingerprint density at radius 2 is 1.86 bits per heavy atom. The molecule has 1 amide bonds. The molecule has 1 aromatic carbocycles. The van der Waals surface area contributed by atoms with Crippen LogP contribution in [0.1, 0.15) is 57.6 Å². The lowest BCUT2D eigenvalue weighted by molar-refractivity contribution is -0.132. The van der Waals surface area contributed by atoms with Gasteiger partial charge in [0, 0.05) is 10.7 Å². The van der Waals surface area contributed by atoms with Gasteiger partial charge in [0.2, 0.25) is 5.91 Å². The first-order valence-corrected chi connectivity index (χ1v) is 9.11. The number of alkyl halides is 1. The standard InChI is InChI=1S/C18H26BrNO/c1-14(2)12-18(10-6-7-11-18)17(21)20-16(13-19)15-8-4-3-5-9-15/h3-5,8-9,14,16H,6-7,10-13H2,1-2H3,(H,20,21). The molecule has 1 unspecified atom stereocenters. The van der Waals surface area contributed by atoms with Gasteiger partial charge in [-0.25, -0.2) is 0 Å². The van der Waals surface area contributed by atoms with Crippen LogP contribution in [0.5, 0.6) is 0 Å². The first kappa shape index (κ1) is 16.5. The van der Waals surface area contributed by atoms with E-state index in [0.717, 1.165) is 24.6 Å². The molecule has 1 N–H and O–H groups in total. The van der Waals surface area contributed by atoms with Crippen molar-refractivity contribution in [3.63, 3.8) is 0 Å². The molecule has 0 radical (unpaired) electrons. The molecule has 1 aliphatic rings. The van der Waals surface area contributed by atoms with Crippen LogP contribution in [-0.4, -0.2) is 11.2 Å². The minimum Gasteiger partial charge on any atom is -0.348 e. The highest BCUT2D eigenvalue weighted by atomic mass is 79.9. The molecule has 0 spiro atoms. The van der Waals surface area contributed by atoms with Crippen molar-refractivity contribution < 1.29 is 4.79 Å². The molecule has 1 atom stereocenters. The summed E-state index contributed by atoms with van der Waals surface area (Å²) in [7, 11) is 0. The molecule has 2 rings (SSSR count). The summed E-state index contributed by atoms with van der Waals surface area (Å²) < 4.78 is 0. The van der Waals surface area contributed by atoms with Crippen molar-refractivity contribution in [1.29, 1.82) is 0 Å². The Labute approximate surface area is 136 Å². The number of benzene rings is 1. The number of hydrogen-bond acceptors (Lipinski definition) is 1. The fourth-order valence-corrected chi connectivity index (χ4v) is 4.10. The highest BCUT2D eigenvalue weighted by Crippen LogP contribution is 2.43. The van der Waals surface area contributed by atoms with Crippen molar-refractivity contribution >= 4 is 21.8 Å². The molecule has 3 heteroatoms. The first-order valence-electron chi connectivity index (χ1n) is 7.99. The Morgan fingerprint density at radius 3 is 2.38 bits per heavy atom. The normalized spacial score (nSPS) is 18.7. The van der Waals surface area contributed by atoms with Crippen molar-refractivity contribution in [2.45, 2.75) is 52.0 Å². The number of hydrogen-bond donors (Lipinski definition) is 1. The van der Waals surface area contributed by atoms with Gasteiger partial charge < -0.3 is 5.32 Å². The van der Waals surface area contributed by atoms with Crippen LogP contribution in [0.2, 0.25) is 0 Å². The molecule has 0 heterocycles. The third kappa shape index (κ3) is 4.09. The third-order valence-corrected chi connectivity index (χ3v) is 5.15. The molecule has 1 aromatic rings. The van der Waals surface area contributed by atoms with Gasteiger partial charge in [-0.15, -0.1) is 0 Å². The lowest BCUT2D eigenvalue weighted by Gasteiger charge is -2.31. The van der Waals surface area contributed by atoms with E-state index in [2.05, 4.69) is 47.2 Å². The number of nitrogens with one attached hydrogen (secondary N) is 1. The zero-order chi connectivity index (χ0) is 15.3. The lowest BCUT2D eigenvalue weighted by atomic mass is 9.77. The van der Waals surface area contributed by atoms with Gasteiger partial charge >= 0.3 is 0 Å². The van der Waals surface area contributed by atoms with Crippen molar-refractivity contribution in [2.75, 3.05) is 5.33 Å². The first-order chi connectivity index (χ1) is 10.1. The zero-order valence-corrected chi connectivity index (χ0v) is 14.7. The van der Waals surface area contributed by atoms with E-state index in [0.29, 0.717) is 5.92 Å². The molecule has 1 fully saturated rings. The van der Waals surface area contributed by atoms with E-state index in [1.807, 2.05) is 18.2 Å². The SMILES string of the molecule is CC(C)CC1(C(=O)NC(CBr)c2ccccc2)CCCC1. The van der Waals surface area contributed by atoms with Crippen LogP contribution >= 0.6 is 15.9 Å². The summed E-state index contributed by atoms with van der Waals surface area (Å²) in [6.45, 7) is 4.43. The number of carbonyl (C=O) groups is 1. The van der Waals surface area contributed by atoms with Gasteiger partial charge in [0.25, 0.3) is 0 Å². The average Bonchev–Trinajstić information content (AvgIpc) is 2.94. The second-order valence-corrected chi connectivity index (χ2v) is 7.32. The summed E-state index contributed by atoms with van der Waals surface area (Å²) in [4.78, 5) is 12.9. The maximum atomic E-state index is 12.9. The van der Waals surface area contributed by atoms with E-state index in [1.54, 1.807) is 0 Å². The van der Waals surface area contributed by atoms with E-state index < -0.39 is 0 Å². The lowest BCUT2D eigenvalue weighted by Crippen LogP contribution is -2.42. The van der Waals surface area contributed by atoms with Crippen molar-refractivity contribution in [2.24, 2.45) is 11.3 Å². The molecule has 0 aliphatic heterocycles. The summed E-state index contributed by atoms with van der Waals surface area (Å²) in [5.41, 5.74) is 1.03. The monoisotopic (exact) mass is 351 g/mol. The number of rotatable bonds is 6. The molecule has 0 aromatic heterocycles. The molecule has 0 bridgehead atoms. The molecule has 0 saturated heterocycles. The molecular weight excluding hydrogens is 326 g/mol. The van der Waals surface area contributed by atoms with E-state index in [1.165, 1.54) is 18.4 Å². The Morgan fingerprint density at radius 1 is 1.24 bits per heavy atom. The number of halogens is 1. The summed E-state index contributed by atoms with van der Waals surface area (Å²) >= 11 is 3.54. The quantitative estimate of drug-likeness (QED) is 0.729. The maximum absolute atomic E-state index is 12.9. The summed E-state index contributed by atoms with van der Waals surface area (Å²) in [6, 6.07) is 10.3.